The maximum atomic E-state index is 12.7. The Morgan fingerprint density at radius 3 is 2.48 bits per heavy atom. The smallest absolute Gasteiger partial charge is 0.253 e. The standard InChI is InChI=1S/C19H25N3O3S2/c1-3-12-27(24,25)21-17-8-10-22(11-9-17)19(23)16-6-4-15(5-7-16)18-20-14(2)13-26-18/h4-7,13,17,21H,3,8-12H2,1-2H3. The van der Waals surface area contributed by atoms with E-state index in [9.17, 15) is 13.2 Å². The first-order chi connectivity index (χ1) is 12.9. The summed E-state index contributed by atoms with van der Waals surface area (Å²) in [6, 6.07) is 7.45. The van der Waals surface area contributed by atoms with E-state index in [1.165, 1.54) is 0 Å². The van der Waals surface area contributed by atoms with Gasteiger partial charge in [-0.3, -0.25) is 4.79 Å². The Hall–Kier alpha value is -1.77. The Balaban J connectivity index is 1.58. The van der Waals surface area contributed by atoms with Crippen molar-refractivity contribution < 1.29 is 13.2 Å². The van der Waals surface area contributed by atoms with Gasteiger partial charge >= 0.3 is 0 Å². The van der Waals surface area contributed by atoms with Gasteiger partial charge in [-0.15, -0.1) is 11.3 Å². The second-order valence-corrected chi connectivity index (χ2v) is 9.61. The van der Waals surface area contributed by atoms with Crippen molar-refractivity contribution in [1.82, 2.24) is 14.6 Å². The van der Waals surface area contributed by atoms with Gasteiger partial charge in [-0.25, -0.2) is 18.1 Å². The number of carbonyl (C=O) groups excluding carboxylic acids is 1. The number of piperidine rings is 1. The van der Waals surface area contributed by atoms with Crippen LogP contribution in [-0.2, 0) is 10.0 Å². The summed E-state index contributed by atoms with van der Waals surface area (Å²) in [6.45, 7) is 4.93. The third-order valence-electron chi connectivity index (χ3n) is 4.60. The molecular formula is C19H25N3O3S2. The monoisotopic (exact) mass is 407 g/mol. The zero-order valence-corrected chi connectivity index (χ0v) is 17.3. The predicted molar refractivity (Wildman–Crippen MR) is 108 cm³/mol. The van der Waals surface area contributed by atoms with E-state index in [0.717, 1.165) is 16.3 Å². The highest BCUT2D eigenvalue weighted by atomic mass is 32.2. The van der Waals surface area contributed by atoms with E-state index in [4.69, 9.17) is 0 Å². The zero-order chi connectivity index (χ0) is 19.4. The van der Waals surface area contributed by atoms with Gasteiger partial charge in [0.25, 0.3) is 5.91 Å². The van der Waals surface area contributed by atoms with Gasteiger partial charge in [-0.05, 0) is 38.3 Å². The molecule has 1 saturated heterocycles. The highest BCUT2D eigenvalue weighted by Crippen LogP contribution is 2.24. The molecule has 2 heterocycles. The number of likely N-dealkylation sites (tertiary alicyclic amines) is 1. The lowest BCUT2D eigenvalue weighted by Gasteiger charge is -2.32. The SMILES string of the molecule is CCCS(=O)(=O)NC1CCN(C(=O)c2ccc(-c3nc(C)cs3)cc2)CC1. The Morgan fingerprint density at radius 2 is 1.93 bits per heavy atom. The van der Waals surface area contributed by atoms with Gasteiger partial charge < -0.3 is 4.90 Å². The molecule has 1 fully saturated rings. The van der Waals surface area contributed by atoms with Crippen molar-refractivity contribution in [2.45, 2.75) is 39.2 Å². The molecule has 3 rings (SSSR count). The molecule has 1 aromatic heterocycles. The summed E-state index contributed by atoms with van der Waals surface area (Å²) in [6.07, 6.45) is 1.89. The Bertz CT molecular complexity index is 883. The number of nitrogens with zero attached hydrogens (tertiary/aromatic N) is 2. The van der Waals surface area contributed by atoms with Gasteiger partial charge in [0, 0.05) is 41.3 Å². The van der Waals surface area contributed by atoms with Crippen LogP contribution in [0.25, 0.3) is 10.6 Å². The molecule has 1 aliphatic heterocycles. The minimum Gasteiger partial charge on any atom is -0.339 e. The molecule has 0 aliphatic carbocycles. The number of rotatable bonds is 6. The quantitative estimate of drug-likeness (QED) is 0.798. The summed E-state index contributed by atoms with van der Waals surface area (Å²) in [5.41, 5.74) is 2.65. The van der Waals surface area contributed by atoms with E-state index in [-0.39, 0.29) is 17.7 Å². The molecule has 6 nitrogen and oxygen atoms in total. The summed E-state index contributed by atoms with van der Waals surface area (Å²) in [5, 5.41) is 2.96. The number of aromatic nitrogens is 1. The number of hydrogen-bond acceptors (Lipinski definition) is 5. The normalized spacial score (nSPS) is 15.9. The van der Waals surface area contributed by atoms with Crippen molar-refractivity contribution in [2.24, 2.45) is 0 Å². The average Bonchev–Trinajstić information content (AvgIpc) is 3.08. The lowest BCUT2D eigenvalue weighted by molar-refractivity contribution is 0.0711. The van der Waals surface area contributed by atoms with Crippen molar-refractivity contribution in [1.29, 1.82) is 0 Å². The highest BCUT2D eigenvalue weighted by Gasteiger charge is 2.26. The summed E-state index contributed by atoms with van der Waals surface area (Å²) in [4.78, 5) is 19.0. The number of hydrogen-bond donors (Lipinski definition) is 1. The maximum Gasteiger partial charge on any atom is 0.253 e. The number of amides is 1. The average molecular weight is 408 g/mol. The van der Waals surface area contributed by atoms with Crippen LogP contribution in [0.4, 0.5) is 0 Å². The Kier molecular flexibility index (Phi) is 6.29. The van der Waals surface area contributed by atoms with E-state index in [0.29, 0.717) is 37.9 Å². The molecule has 0 spiro atoms. The number of nitrogens with one attached hydrogen (secondary N) is 1. The molecule has 1 amide bonds. The summed E-state index contributed by atoms with van der Waals surface area (Å²) in [7, 11) is -3.21. The molecular weight excluding hydrogens is 382 g/mol. The Labute approximate surface area is 164 Å². The molecule has 8 heteroatoms. The van der Waals surface area contributed by atoms with Crippen LogP contribution in [0.5, 0.6) is 0 Å². The van der Waals surface area contributed by atoms with E-state index in [2.05, 4.69) is 9.71 Å². The van der Waals surface area contributed by atoms with Gasteiger partial charge in [-0.1, -0.05) is 19.1 Å². The van der Waals surface area contributed by atoms with Crippen molar-refractivity contribution in [2.75, 3.05) is 18.8 Å². The second-order valence-electron chi connectivity index (χ2n) is 6.87. The number of benzene rings is 1. The lowest BCUT2D eigenvalue weighted by atomic mass is 10.0. The molecule has 0 radical (unpaired) electrons. The fraction of sp³-hybridized carbons (Fsp3) is 0.474. The fourth-order valence-electron chi connectivity index (χ4n) is 3.21. The first-order valence-electron chi connectivity index (χ1n) is 9.20. The number of carbonyl (C=O) groups is 1. The van der Waals surface area contributed by atoms with Gasteiger partial charge in [-0.2, -0.15) is 0 Å². The highest BCUT2D eigenvalue weighted by molar-refractivity contribution is 7.89. The van der Waals surface area contributed by atoms with Crippen molar-refractivity contribution in [3.05, 3.63) is 40.9 Å². The molecule has 0 bridgehead atoms. The molecule has 1 aromatic carbocycles. The van der Waals surface area contributed by atoms with Crippen LogP contribution >= 0.6 is 11.3 Å². The summed E-state index contributed by atoms with van der Waals surface area (Å²) >= 11 is 1.59. The fourth-order valence-corrected chi connectivity index (χ4v) is 5.41. The topological polar surface area (TPSA) is 79.4 Å². The summed E-state index contributed by atoms with van der Waals surface area (Å²) in [5.74, 6) is 0.142. The molecule has 2 aromatic rings. The molecule has 1 aliphatic rings. The third-order valence-corrected chi connectivity index (χ3v) is 7.25. The predicted octanol–water partition coefficient (Wildman–Crippen LogP) is 3.05. The van der Waals surface area contributed by atoms with E-state index < -0.39 is 10.0 Å². The van der Waals surface area contributed by atoms with Gasteiger partial charge in [0.05, 0.1) is 5.75 Å². The second kappa shape index (κ2) is 8.50. The zero-order valence-electron chi connectivity index (χ0n) is 15.6. The lowest BCUT2D eigenvalue weighted by Crippen LogP contribution is -2.46. The molecule has 0 unspecified atom stereocenters. The molecule has 146 valence electrons. The minimum atomic E-state index is -3.21. The van der Waals surface area contributed by atoms with Crippen LogP contribution in [0.15, 0.2) is 29.6 Å². The van der Waals surface area contributed by atoms with Crippen LogP contribution in [0.1, 0.15) is 42.2 Å². The third kappa shape index (κ3) is 5.15. The van der Waals surface area contributed by atoms with Crippen LogP contribution in [0.3, 0.4) is 0 Å². The largest absolute Gasteiger partial charge is 0.339 e. The van der Waals surface area contributed by atoms with E-state index in [1.54, 1.807) is 16.2 Å². The van der Waals surface area contributed by atoms with Gasteiger partial charge in [0.1, 0.15) is 5.01 Å². The van der Waals surface area contributed by atoms with Gasteiger partial charge in [0.2, 0.25) is 10.0 Å². The molecule has 0 atom stereocenters. The first kappa shape index (κ1) is 20.0. The first-order valence-corrected chi connectivity index (χ1v) is 11.7. The van der Waals surface area contributed by atoms with Crippen LogP contribution in [0, 0.1) is 6.92 Å². The van der Waals surface area contributed by atoms with Gasteiger partial charge in [0.15, 0.2) is 0 Å². The van der Waals surface area contributed by atoms with Crippen molar-refractivity contribution in [3.8, 4) is 10.6 Å². The van der Waals surface area contributed by atoms with Crippen molar-refractivity contribution >= 4 is 27.3 Å². The number of thiazole rings is 1. The summed E-state index contributed by atoms with van der Waals surface area (Å²) < 4.78 is 26.5. The Morgan fingerprint density at radius 1 is 1.26 bits per heavy atom. The van der Waals surface area contributed by atoms with E-state index in [1.807, 2.05) is 43.5 Å². The minimum absolute atomic E-state index is 0.00765. The molecule has 27 heavy (non-hydrogen) atoms. The molecule has 0 saturated carbocycles. The van der Waals surface area contributed by atoms with Crippen LogP contribution < -0.4 is 4.72 Å². The van der Waals surface area contributed by atoms with Crippen molar-refractivity contribution in [3.63, 3.8) is 0 Å². The molecule has 1 N–H and O–H groups in total. The van der Waals surface area contributed by atoms with Crippen LogP contribution in [0.2, 0.25) is 0 Å². The number of sulfonamides is 1. The van der Waals surface area contributed by atoms with E-state index >= 15 is 0 Å². The maximum absolute atomic E-state index is 12.7. The van der Waals surface area contributed by atoms with Crippen LogP contribution in [-0.4, -0.2) is 49.1 Å². The number of aryl methyl sites for hydroxylation is 1.